The Hall–Kier alpha value is -2.34. The third-order valence-electron chi connectivity index (χ3n) is 11.6. The predicted molar refractivity (Wildman–Crippen MR) is 184 cm³/mol. The van der Waals surface area contributed by atoms with E-state index >= 15 is 0 Å². The van der Waals surface area contributed by atoms with E-state index in [2.05, 4.69) is 19.8 Å². The first-order chi connectivity index (χ1) is 21.5. The van der Waals surface area contributed by atoms with E-state index in [1.807, 2.05) is 20.8 Å². The van der Waals surface area contributed by atoms with Gasteiger partial charge in [-0.05, 0) is 68.1 Å². The zero-order valence-corrected chi connectivity index (χ0v) is 31.2. The van der Waals surface area contributed by atoms with Crippen LogP contribution in [0.3, 0.4) is 0 Å². The second-order valence-corrected chi connectivity index (χ2v) is 20.2. The van der Waals surface area contributed by atoms with Crippen LogP contribution < -0.4 is 0 Å². The van der Waals surface area contributed by atoms with Crippen molar-refractivity contribution in [3.05, 3.63) is 0 Å². The van der Waals surface area contributed by atoms with E-state index in [0.717, 1.165) is 19.3 Å². The number of amides is 1. The molecule has 1 amide bonds. The van der Waals surface area contributed by atoms with Gasteiger partial charge in [0.2, 0.25) is 11.7 Å². The van der Waals surface area contributed by atoms with Crippen LogP contribution in [0.25, 0.3) is 0 Å². The van der Waals surface area contributed by atoms with Crippen LogP contribution in [0.5, 0.6) is 0 Å². The molecule has 3 fully saturated rings. The number of likely N-dealkylation sites (tertiary alicyclic amines) is 1. The summed E-state index contributed by atoms with van der Waals surface area (Å²) in [5.74, 6) is -0.692. The molecule has 3 aliphatic rings. The number of piperidine rings is 1. The maximum atomic E-state index is 14.5. The van der Waals surface area contributed by atoms with E-state index in [1.165, 1.54) is 0 Å². The Labute approximate surface area is 283 Å². The summed E-state index contributed by atoms with van der Waals surface area (Å²) in [7, 11) is -3.47. The Morgan fingerprint density at radius 1 is 0.957 bits per heavy atom. The Morgan fingerprint density at radius 3 is 2.06 bits per heavy atom. The number of terminal acetylenes is 1. The highest BCUT2D eigenvalue weighted by Crippen LogP contribution is 2.65. The molecular formula is C38H59NO7S. The van der Waals surface area contributed by atoms with Gasteiger partial charge in [0.25, 0.3) is 0 Å². The third kappa shape index (κ3) is 8.64. The van der Waals surface area contributed by atoms with Gasteiger partial charge in [-0.1, -0.05) is 60.8 Å². The fraction of sp³-hybridized carbons (Fsp3) is 0.816. The molecule has 3 rings (SSSR count). The lowest BCUT2D eigenvalue weighted by Crippen LogP contribution is -2.51. The van der Waals surface area contributed by atoms with Crippen molar-refractivity contribution in [2.24, 2.45) is 39.9 Å². The second-order valence-electron chi connectivity index (χ2n) is 17.4. The summed E-state index contributed by atoms with van der Waals surface area (Å²) in [4.78, 5) is 69.3. The van der Waals surface area contributed by atoms with Crippen molar-refractivity contribution in [1.82, 2.24) is 4.90 Å². The van der Waals surface area contributed by atoms with Crippen molar-refractivity contribution < 1.29 is 32.4 Å². The van der Waals surface area contributed by atoms with Crippen LogP contribution in [0, 0.1) is 52.3 Å². The first-order valence-electron chi connectivity index (χ1n) is 17.6. The van der Waals surface area contributed by atoms with Gasteiger partial charge in [0.05, 0.1) is 16.5 Å². The zero-order valence-electron chi connectivity index (χ0n) is 30.4. The van der Waals surface area contributed by atoms with Crippen LogP contribution in [-0.4, -0.2) is 65.4 Å². The van der Waals surface area contributed by atoms with Crippen molar-refractivity contribution in [2.45, 2.75) is 144 Å². The lowest BCUT2D eigenvalue weighted by Gasteiger charge is -2.40. The molecule has 0 N–H and O–H groups in total. The summed E-state index contributed by atoms with van der Waals surface area (Å²) in [6.07, 6.45) is 10.0. The van der Waals surface area contributed by atoms with Crippen molar-refractivity contribution in [3.8, 4) is 12.3 Å². The first kappa shape index (κ1) is 39.1. The number of Topliss-reactive ketones (excluding diaryl/α,β-unsaturated/α-hetero) is 4. The van der Waals surface area contributed by atoms with Gasteiger partial charge < -0.3 is 4.90 Å². The summed E-state index contributed by atoms with van der Waals surface area (Å²) in [5, 5.41) is 0. The monoisotopic (exact) mass is 673 g/mol. The molecule has 0 aromatic rings. The van der Waals surface area contributed by atoms with Crippen molar-refractivity contribution in [2.75, 3.05) is 12.3 Å². The summed E-state index contributed by atoms with van der Waals surface area (Å²) in [5.41, 5.74) is -1.38. The van der Waals surface area contributed by atoms with Gasteiger partial charge in [-0.25, -0.2) is 8.42 Å². The summed E-state index contributed by atoms with van der Waals surface area (Å²) >= 11 is 0. The molecule has 1 aliphatic heterocycles. The first-order valence-corrected chi connectivity index (χ1v) is 19.3. The van der Waals surface area contributed by atoms with Crippen molar-refractivity contribution >= 4 is 38.9 Å². The minimum Gasteiger partial charge on any atom is -0.332 e. The molecule has 5 atom stereocenters. The molecule has 0 bridgehead atoms. The maximum absolute atomic E-state index is 14.5. The van der Waals surface area contributed by atoms with E-state index < -0.39 is 54.9 Å². The minimum absolute atomic E-state index is 0.0237. The number of nitrogens with zero attached hydrogens (tertiary/aromatic N) is 1. The Bertz CT molecular complexity index is 1380. The lowest BCUT2D eigenvalue weighted by molar-refractivity contribution is -0.148. The molecular weight excluding hydrogens is 614 g/mol. The van der Waals surface area contributed by atoms with Crippen LogP contribution in [0.1, 0.15) is 133 Å². The molecule has 47 heavy (non-hydrogen) atoms. The highest BCUT2D eigenvalue weighted by Gasteiger charge is 2.69. The van der Waals surface area contributed by atoms with Gasteiger partial charge >= 0.3 is 0 Å². The third-order valence-corrected chi connectivity index (χ3v) is 14.4. The van der Waals surface area contributed by atoms with E-state index in [9.17, 15) is 32.4 Å². The van der Waals surface area contributed by atoms with Gasteiger partial charge in [0.1, 0.15) is 5.78 Å². The predicted octanol–water partition coefficient (Wildman–Crippen LogP) is 6.18. The van der Waals surface area contributed by atoms with Gasteiger partial charge in [-0.2, -0.15) is 0 Å². The number of fused-ring (bicyclic) bond motifs is 1. The number of sulfone groups is 1. The molecule has 2 unspecified atom stereocenters. The average molecular weight is 674 g/mol. The van der Waals surface area contributed by atoms with E-state index in [4.69, 9.17) is 6.42 Å². The minimum atomic E-state index is -3.47. The van der Waals surface area contributed by atoms with E-state index in [-0.39, 0.29) is 79.0 Å². The highest BCUT2D eigenvalue weighted by atomic mass is 32.2. The lowest BCUT2D eigenvalue weighted by atomic mass is 9.70. The number of rotatable bonds is 15. The molecule has 9 heteroatoms. The Kier molecular flexibility index (Phi) is 11.9. The zero-order chi connectivity index (χ0) is 35.8. The Morgan fingerprint density at radius 2 is 1.55 bits per heavy atom. The topological polar surface area (TPSA) is 123 Å². The summed E-state index contributed by atoms with van der Waals surface area (Å²) < 4.78 is 25.7. The van der Waals surface area contributed by atoms with Gasteiger partial charge in [0, 0.05) is 50.5 Å². The number of carbonyl (C=O) groups is 5. The molecule has 1 heterocycles. The fourth-order valence-corrected chi connectivity index (χ4v) is 9.84. The van der Waals surface area contributed by atoms with E-state index in [1.54, 1.807) is 32.6 Å². The molecule has 264 valence electrons. The normalized spacial score (nSPS) is 24.9. The molecule has 0 aromatic carbocycles. The smallest absolute Gasteiger partial charge is 0.227 e. The van der Waals surface area contributed by atoms with Crippen LogP contribution in [0.4, 0.5) is 0 Å². The molecule has 1 saturated heterocycles. The van der Waals surface area contributed by atoms with E-state index in [0.29, 0.717) is 19.4 Å². The van der Waals surface area contributed by atoms with Crippen LogP contribution in [0.2, 0.25) is 0 Å². The second kappa shape index (κ2) is 14.3. The van der Waals surface area contributed by atoms with Crippen LogP contribution in [0.15, 0.2) is 0 Å². The number of carbonyl (C=O) groups excluding carboxylic acids is 5. The molecule has 0 radical (unpaired) electrons. The number of hydrogen-bond donors (Lipinski definition) is 0. The largest absolute Gasteiger partial charge is 0.332 e. The van der Waals surface area contributed by atoms with Crippen molar-refractivity contribution in [3.63, 3.8) is 0 Å². The van der Waals surface area contributed by atoms with Gasteiger partial charge in [-0.15, -0.1) is 12.3 Å². The molecule has 0 aromatic heterocycles. The Balaban J connectivity index is 1.87. The molecule has 2 aliphatic carbocycles. The SMILES string of the molecule is C#CCCC(CC(=O)[C@@H]1[C@@H]2C(CN1C(=O)[C@@H](CC(=O)CC1(CS(=O)(=O)C(C)(C)C)CCCCC1)C(C)(C)C)C2(C)C)C(=O)C(=O)CC. The summed E-state index contributed by atoms with van der Waals surface area (Å²) in [6.45, 7) is 17.1. The maximum Gasteiger partial charge on any atom is 0.227 e. The van der Waals surface area contributed by atoms with Crippen LogP contribution in [-0.2, 0) is 33.8 Å². The van der Waals surface area contributed by atoms with Gasteiger partial charge in [0.15, 0.2) is 21.4 Å². The standard InChI is InChI=1S/C38H59NO7S/c1-11-13-17-25(33(43)29(41)12-2)20-30(42)32-31-28(37(31,9)10)23-39(32)34(44)27(35(3,4)5)21-26(40)22-38(18-15-14-16-19-38)24-47(45,46)36(6,7)8/h1,25,27-28,31-32H,12-24H2,2-10H3/t25?,27-,28?,31+,32-/m1/s1. The fourth-order valence-electron chi connectivity index (χ4n) is 8.21. The number of hydrogen-bond acceptors (Lipinski definition) is 7. The quantitative estimate of drug-likeness (QED) is 0.150. The van der Waals surface area contributed by atoms with Gasteiger partial charge in [-0.3, -0.25) is 24.0 Å². The highest BCUT2D eigenvalue weighted by molar-refractivity contribution is 7.92. The van der Waals surface area contributed by atoms with Crippen LogP contribution >= 0.6 is 0 Å². The molecule has 2 saturated carbocycles. The molecule has 8 nitrogen and oxygen atoms in total. The number of ketones is 4. The molecule has 0 spiro atoms. The van der Waals surface area contributed by atoms with Crippen molar-refractivity contribution in [1.29, 1.82) is 0 Å². The summed E-state index contributed by atoms with van der Waals surface area (Å²) in [6, 6.07) is -0.734. The average Bonchev–Trinajstić information content (AvgIpc) is 3.27.